The minimum absolute atomic E-state index is 0.260. The van der Waals surface area contributed by atoms with Crippen molar-refractivity contribution >= 4 is 5.97 Å². The van der Waals surface area contributed by atoms with E-state index in [9.17, 15) is 13.6 Å². The third kappa shape index (κ3) is 2.48. The van der Waals surface area contributed by atoms with Gasteiger partial charge in [0.05, 0.1) is 0 Å². The fraction of sp³-hybridized carbons (Fsp3) is 0.625. The molecule has 0 amide bonds. The van der Waals surface area contributed by atoms with Crippen molar-refractivity contribution in [1.29, 1.82) is 0 Å². The van der Waals surface area contributed by atoms with Crippen LogP contribution in [0.3, 0.4) is 0 Å². The number of carboxylic acids is 1. The maximum absolute atomic E-state index is 12.5. The van der Waals surface area contributed by atoms with Crippen LogP contribution in [-0.4, -0.2) is 26.1 Å². The Kier molecular flexibility index (Phi) is 3.70. The van der Waals surface area contributed by atoms with Gasteiger partial charge in [0, 0.05) is 6.54 Å². The fourth-order valence-electron chi connectivity index (χ4n) is 1.16. The SMILES string of the molecule is CCCCn1nnc(C(=O)O)c1C(F)F. The van der Waals surface area contributed by atoms with E-state index in [0.717, 1.165) is 11.1 Å². The minimum atomic E-state index is -2.87. The van der Waals surface area contributed by atoms with Crippen molar-refractivity contribution in [3.63, 3.8) is 0 Å². The van der Waals surface area contributed by atoms with Crippen LogP contribution < -0.4 is 0 Å². The second-order valence-electron chi connectivity index (χ2n) is 3.01. The topological polar surface area (TPSA) is 68.0 Å². The third-order valence-corrected chi connectivity index (χ3v) is 1.91. The number of alkyl halides is 2. The number of unbranched alkanes of at least 4 members (excludes halogenated alkanes) is 1. The molecule has 0 fully saturated rings. The van der Waals surface area contributed by atoms with Crippen LogP contribution in [0.5, 0.6) is 0 Å². The predicted octanol–water partition coefficient (Wildman–Crippen LogP) is 1.71. The number of hydrogen-bond acceptors (Lipinski definition) is 3. The first-order valence-electron chi connectivity index (χ1n) is 4.52. The Bertz CT molecular complexity index is 352. The van der Waals surface area contributed by atoms with Gasteiger partial charge < -0.3 is 5.11 Å². The molecule has 0 aromatic carbocycles. The highest BCUT2D eigenvalue weighted by Gasteiger charge is 2.25. The average Bonchev–Trinajstić information content (AvgIpc) is 2.58. The van der Waals surface area contributed by atoms with E-state index in [1.807, 2.05) is 6.92 Å². The van der Waals surface area contributed by atoms with E-state index >= 15 is 0 Å². The van der Waals surface area contributed by atoms with Gasteiger partial charge in [0.15, 0.2) is 5.69 Å². The number of aromatic nitrogens is 3. The zero-order valence-electron chi connectivity index (χ0n) is 8.15. The molecule has 1 aromatic heterocycles. The van der Waals surface area contributed by atoms with E-state index in [-0.39, 0.29) is 6.54 Å². The van der Waals surface area contributed by atoms with E-state index in [2.05, 4.69) is 10.3 Å². The molecular formula is C8H11F2N3O2. The van der Waals surface area contributed by atoms with Crippen LogP contribution in [0, 0.1) is 0 Å². The Labute approximate surface area is 84.7 Å². The molecule has 15 heavy (non-hydrogen) atoms. The van der Waals surface area contributed by atoms with Crippen LogP contribution in [0.2, 0.25) is 0 Å². The molecule has 0 radical (unpaired) electrons. The van der Waals surface area contributed by atoms with Gasteiger partial charge in [-0.3, -0.25) is 0 Å². The molecule has 0 aliphatic carbocycles. The highest BCUT2D eigenvalue weighted by molar-refractivity contribution is 5.86. The summed E-state index contributed by atoms with van der Waals surface area (Å²) in [6.07, 6.45) is -1.41. The molecule has 1 rings (SSSR count). The third-order valence-electron chi connectivity index (χ3n) is 1.91. The van der Waals surface area contributed by atoms with Gasteiger partial charge in [0.2, 0.25) is 0 Å². The van der Waals surface area contributed by atoms with E-state index in [4.69, 9.17) is 5.11 Å². The molecule has 7 heteroatoms. The molecule has 0 aliphatic heterocycles. The molecule has 0 spiro atoms. The number of halogens is 2. The summed E-state index contributed by atoms with van der Waals surface area (Å²) >= 11 is 0. The predicted molar refractivity (Wildman–Crippen MR) is 46.8 cm³/mol. The lowest BCUT2D eigenvalue weighted by Crippen LogP contribution is -2.09. The molecule has 0 saturated heterocycles. The number of rotatable bonds is 5. The number of hydrogen-bond donors (Lipinski definition) is 1. The average molecular weight is 219 g/mol. The summed E-state index contributed by atoms with van der Waals surface area (Å²) in [5.41, 5.74) is -1.28. The molecule has 0 unspecified atom stereocenters. The Morgan fingerprint density at radius 1 is 1.60 bits per heavy atom. The van der Waals surface area contributed by atoms with E-state index < -0.39 is 23.8 Å². The Morgan fingerprint density at radius 3 is 2.73 bits per heavy atom. The van der Waals surface area contributed by atoms with E-state index in [1.54, 1.807) is 0 Å². The minimum Gasteiger partial charge on any atom is -0.476 e. The molecule has 1 aromatic rings. The lowest BCUT2D eigenvalue weighted by Gasteiger charge is -2.04. The van der Waals surface area contributed by atoms with Gasteiger partial charge >= 0.3 is 5.97 Å². The van der Waals surface area contributed by atoms with Gasteiger partial charge in [-0.25, -0.2) is 18.3 Å². The first-order valence-corrected chi connectivity index (χ1v) is 4.52. The standard InChI is InChI=1S/C8H11F2N3O2/c1-2-3-4-13-6(7(9)10)5(8(14)15)11-12-13/h7H,2-4H2,1H3,(H,14,15). The number of carboxylic acid groups (broad SMARTS) is 1. The van der Waals surface area contributed by atoms with Crippen molar-refractivity contribution in [2.24, 2.45) is 0 Å². The maximum Gasteiger partial charge on any atom is 0.358 e. The summed E-state index contributed by atoms with van der Waals surface area (Å²) in [6, 6.07) is 0. The number of aromatic carboxylic acids is 1. The molecule has 0 aliphatic rings. The smallest absolute Gasteiger partial charge is 0.358 e. The maximum atomic E-state index is 12.5. The van der Waals surface area contributed by atoms with Crippen LogP contribution in [-0.2, 0) is 6.54 Å². The van der Waals surface area contributed by atoms with E-state index in [0.29, 0.717) is 6.42 Å². The zero-order valence-corrected chi connectivity index (χ0v) is 8.15. The highest BCUT2D eigenvalue weighted by Crippen LogP contribution is 2.21. The van der Waals surface area contributed by atoms with Crippen molar-refractivity contribution in [3.05, 3.63) is 11.4 Å². The number of nitrogens with zero attached hydrogens (tertiary/aromatic N) is 3. The van der Waals surface area contributed by atoms with Gasteiger partial charge in [0.25, 0.3) is 6.43 Å². The summed E-state index contributed by atoms with van der Waals surface area (Å²) in [4.78, 5) is 10.6. The van der Waals surface area contributed by atoms with Gasteiger partial charge in [0.1, 0.15) is 5.69 Å². The molecule has 0 bridgehead atoms. The molecule has 0 saturated carbocycles. The van der Waals surface area contributed by atoms with Crippen molar-refractivity contribution in [1.82, 2.24) is 15.0 Å². The van der Waals surface area contributed by atoms with Gasteiger partial charge in [-0.05, 0) is 6.42 Å². The second-order valence-corrected chi connectivity index (χ2v) is 3.01. The largest absolute Gasteiger partial charge is 0.476 e. The van der Waals surface area contributed by atoms with Gasteiger partial charge in [-0.15, -0.1) is 5.10 Å². The lowest BCUT2D eigenvalue weighted by molar-refractivity contribution is 0.0675. The summed E-state index contributed by atoms with van der Waals surface area (Å²) in [5.74, 6) is -1.48. The van der Waals surface area contributed by atoms with Crippen molar-refractivity contribution < 1.29 is 18.7 Å². The molecule has 1 N–H and O–H groups in total. The molecular weight excluding hydrogens is 208 g/mol. The van der Waals surface area contributed by atoms with Crippen molar-refractivity contribution in [2.75, 3.05) is 0 Å². The van der Waals surface area contributed by atoms with Crippen molar-refractivity contribution in [2.45, 2.75) is 32.7 Å². The highest BCUT2D eigenvalue weighted by atomic mass is 19.3. The fourth-order valence-corrected chi connectivity index (χ4v) is 1.16. The summed E-state index contributed by atoms with van der Waals surface area (Å²) < 4.78 is 26.0. The molecule has 84 valence electrons. The van der Waals surface area contributed by atoms with Crippen LogP contribution >= 0.6 is 0 Å². The monoisotopic (exact) mass is 219 g/mol. The van der Waals surface area contributed by atoms with Crippen LogP contribution in [0.25, 0.3) is 0 Å². The molecule has 0 atom stereocenters. The summed E-state index contributed by atoms with van der Waals surface area (Å²) in [5, 5.41) is 15.2. The summed E-state index contributed by atoms with van der Waals surface area (Å²) in [6.45, 7) is 2.16. The molecule has 5 nitrogen and oxygen atoms in total. The Balaban J connectivity index is 3.01. The molecule has 1 heterocycles. The Hall–Kier alpha value is -1.53. The first-order chi connectivity index (χ1) is 7.07. The summed E-state index contributed by atoms with van der Waals surface area (Å²) in [7, 11) is 0. The number of carbonyl (C=O) groups is 1. The van der Waals surface area contributed by atoms with Crippen LogP contribution in [0.15, 0.2) is 0 Å². The lowest BCUT2D eigenvalue weighted by atomic mass is 10.3. The quantitative estimate of drug-likeness (QED) is 0.818. The van der Waals surface area contributed by atoms with Crippen molar-refractivity contribution in [3.8, 4) is 0 Å². The first kappa shape index (κ1) is 11.5. The normalized spacial score (nSPS) is 10.9. The van der Waals surface area contributed by atoms with Crippen LogP contribution in [0.1, 0.15) is 42.4 Å². The van der Waals surface area contributed by atoms with Crippen LogP contribution in [0.4, 0.5) is 8.78 Å². The number of aryl methyl sites for hydroxylation is 1. The second kappa shape index (κ2) is 4.81. The zero-order chi connectivity index (χ0) is 11.4. The van der Waals surface area contributed by atoms with E-state index in [1.165, 1.54) is 0 Å². The Morgan fingerprint density at radius 2 is 2.27 bits per heavy atom. The van der Waals surface area contributed by atoms with Gasteiger partial charge in [-0.1, -0.05) is 18.6 Å². The van der Waals surface area contributed by atoms with Gasteiger partial charge in [-0.2, -0.15) is 0 Å².